The number of fused-ring (bicyclic) bond motifs is 2. The van der Waals surface area contributed by atoms with Crippen LogP contribution >= 0.6 is 0 Å². The summed E-state index contributed by atoms with van der Waals surface area (Å²) >= 11 is 0. The van der Waals surface area contributed by atoms with Crippen LogP contribution in [-0.4, -0.2) is 56.5 Å². The highest BCUT2D eigenvalue weighted by Gasteiger charge is 2.27. The van der Waals surface area contributed by atoms with Crippen LogP contribution in [0, 0.1) is 5.92 Å². The van der Waals surface area contributed by atoms with Crippen LogP contribution in [0.4, 0.5) is 0 Å². The van der Waals surface area contributed by atoms with Gasteiger partial charge in [-0.2, -0.15) is 10.2 Å². The molecule has 9 nitrogen and oxygen atoms in total. The zero-order valence-electron chi connectivity index (χ0n) is 19.2. The fourth-order valence-corrected chi connectivity index (χ4v) is 4.73. The Balaban J connectivity index is 1.12. The van der Waals surface area contributed by atoms with Gasteiger partial charge in [-0.05, 0) is 43.2 Å². The van der Waals surface area contributed by atoms with Crippen LogP contribution in [0.25, 0.3) is 16.6 Å². The van der Waals surface area contributed by atoms with Gasteiger partial charge in [0.1, 0.15) is 13.2 Å². The van der Waals surface area contributed by atoms with Gasteiger partial charge in [0, 0.05) is 36.2 Å². The first-order chi connectivity index (χ1) is 17.2. The highest BCUT2D eigenvalue weighted by Crippen LogP contribution is 2.32. The molecule has 0 unspecified atom stereocenters. The molecule has 0 atom stereocenters. The first-order valence-electron chi connectivity index (χ1n) is 11.8. The summed E-state index contributed by atoms with van der Waals surface area (Å²) in [6.45, 7) is 2.82. The van der Waals surface area contributed by atoms with Crippen molar-refractivity contribution in [3.8, 4) is 17.2 Å². The number of ether oxygens (including phenoxy) is 2. The van der Waals surface area contributed by atoms with E-state index in [1.54, 1.807) is 16.9 Å². The molecule has 0 radical (unpaired) electrons. The lowest BCUT2D eigenvalue weighted by atomic mass is 9.89. The summed E-state index contributed by atoms with van der Waals surface area (Å²) in [7, 11) is 0. The van der Waals surface area contributed by atoms with E-state index in [0.717, 1.165) is 18.5 Å². The molecular formula is C26H25N5O4. The number of para-hydroxylation sites is 1. The van der Waals surface area contributed by atoms with Gasteiger partial charge in [0.2, 0.25) is 0 Å². The van der Waals surface area contributed by atoms with Gasteiger partial charge >= 0.3 is 0 Å². The van der Waals surface area contributed by atoms with Crippen molar-refractivity contribution in [2.24, 2.45) is 5.92 Å². The van der Waals surface area contributed by atoms with Crippen LogP contribution in [0.15, 0.2) is 65.7 Å². The van der Waals surface area contributed by atoms with Gasteiger partial charge in [0.15, 0.2) is 22.8 Å². The summed E-state index contributed by atoms with van der Waals surface area (Å²) < 4.78 is 14.3. The Kier molecular flexibility index (Phi) is 5.54. The minimum Gasteiger partial charge on any atom is -0.486 e. The number of likely N-dealkylation sites (tertiary alicyclic amines) is 1. The second kappa shape index (κ2) is 8.99. The number of Topliss-reactive ketones (excluding diaryl/α,β-unsaturated/α-hetero) is 1. The van der Waals surface area contributed by atoms with E-state index in [1.807, 2.05) is 48.7 Å². The number of aromatic nitrogens is 4. The normalized spacial score (nSPS) is 16.5. The molecule has 0 aliphatic carbocycles. The molecule has 6 rings (SSSR count). The molecule has 35 heavy (non-hydrogen) atoms. The van der Waals surface area contributed by atoms with Crippen molar-refractivity contribution in [2.75, 3.05) is 26.3 Å². The number of benzene rings is 2. The number of nitrogens with zero attached hydrogens (tertiary/aromatic N) is 5. The van der Waals surface area contributed by atoms with Gasteiger partial charge in [-0.25, -0.2) is 9.36 Å². The first-order valence-corrected chi connectivity index (χ1v) is 11.8. The summed E-state index contributed by atoms with van der Waals surface area (Å²) in [5, 5.41) is 9.57. The van der Waals surface area contributed by atoms with E-state index in [0.29, 0.717) is 60.9 Å². The van der Waals surface area contributed by atoms with E-state index >= 15 is 0 Å². The molecule has 1 saturated heterocycles. The average Bonchev–Trinajstić information content (AvgIpc) is 3.36. The molecule has 2 aromatic heterocycles. The number of piperidine rings is 1. The molecule has 2 aromatic carbocycles. The maximum atomic E-state index is 13.1. The molecule has 1 fully saturated rings. The van der Waals surface area contributed by atoms with Crippen LogP contribution in [0.5, 0.6) is 11.5 Å². The van der Waals surface area contributed by atoms with Crippen molar-refractivity contribution in [3.05, 3.63) is 76.8 Å². The quantitative estimate of drug-likeness (QED) is 0.413. The zero-order chi connectivity index (χ0) is 23.8. The lowest BCUT2D eigenvalue weighted by Gasteiger charge is -2.31. The van der Waals surface area contributed by atoms with Gasteiger partial charge in [0.25, 0.3) is 5.56 Å². The number of carbonyl (C=O) groups is 1. The van der Waals surface area contributed by atoms with Crippen LogP contribution in [0.3, 0.4) is 0 Å². The number of hydrogen-bond acceptors (Lipinski definition) is 7. The standard InChI is InChI=1S/C26H25N5O4/c32-25(19-6-7-22-23(14-19)35-13-12-34-22)18-8-10-29(11-9-18)17-31-26(33)24-20(15-27-31)16-30(28-24)21-4-2-1-3-5-21/h1-7,14-16,18H,8-13,17H2. The molecule has 2 aliphatic heterocycles. The SMILES string of the molecule is O=C(c1ccc2c(c1)OCCO2)C1CCN(Cn2ncc3cn(-c4ccccc4)nc3c2=O)CC1. The maximum absolute atomic E-state index is 13.1. The van der Waals surface area contributed by atoms with Crippen LogP contribution < -0.4 is 15.0 Å². The van der Waals surface area contributed by atoms with Crippen molar-refractivity contribution < 1.29 is 14.3 Å². The third-order valence-corrected chi connectivity index (χ3v) is 6.66. The van der Waals surface area contributed by atoms with Crippen molar-refractivity contribution in [2.45, 2.75) is 19.5 Å². The summed E-state index contributed by atoms with van der Waals surface area (Å²) in [4.78, 5) is 28.3. The van der Waals surface area contributed by atoms with Gasteiger partial charge < -0.3 is 9.47 Å². The molecule has 0 spiro atoms. The molecule has 9 heteroatoms. The molecule has 178 valence electrons. The van der Waals surface area contributed by atoms with Crippen LogP contribution in [-0.2, 0) is 6.67 Å². The predicted octanol–water partition coefficient (Wildman–Crippen LogP) is 2.91. The second-order valence-corrected chi connectivity index (χ2v) is 8.92. The van der Waals surface area contributed by atoms with Crippen molar-refractivity contribution in [1.82, 2.24) is 24.5 Å². The molecule has 0 N–H and O–H groups in total. The Hall–Kier alpha value is -3.98. The Morgan fingerprint density at radius 2 is 1.77 bits per heavy atom. The topological polar surface area (TPSA) is 91.5 Å². The maximum Gasteiger partial charge on any atom is 0.296 e. The van der Waals surface area contributed by atoms with E-state index in [1.165, 1.54) is 4.68 Å². The van der Waals surface area contributed by atoms with E-state index < -0.39 is 0 Å². The van der Waals surface area contributed by atoms with Crippen molar-refractivity contribution >= 4 is 16.7 Å². The highest BCUT2D eigenvalue weighted by molar-refractivity contribution is 5.98. The van der Waals surface area contributed by atoms with Crippen LogP contribution in [0.1, 0.15) is 23.2 Å². The van der Waals surface area contributed by atoms with E-state index in [4.69, 9.17) is 9.47 Å². The molecule has 4 aromatic rings. The molecule has 0 saturated carbocycles. The molecule has 0 amide bonds. The van der Waals surface area contributed by atoms with E-state index in [-0.39, 0.29) is 17.3 Å². The smallest absolute Gasteiger partial charge is 0.296 e. The largest absolute Gasteiger partial charge is 0.486 e. The van der Waals surface area contributed by atoms with Crippen molar-refractivity contribution in [3.63, 3.8) is 0 Å². The van der Waals surface area contributed by atoms with Gasteiger partial charge in [-0.3, -0.25) is 14.5 Å². The summed E-state index contributed by atoms with van der Waals surface area (Å²) in [6, 6.07) is 15.1. The third-order valence-electron chi connectivity index (χ3n) is 6.66. The monoisotopic (exact) mass is 471 g/mol. The Labute approximate surface area is 201 Å². The fraction of sp³-hybridized carbons (Fsp3) is 0.308. The minimum absolute atomic E-state index is 0.0532. The Morgan fingerprint density at radius 1 is 1.00 bits per heavy atom. The molecule has 4 heterocycles. The molecule has 0 bridgehead atoms. The number of hydrogen-bond donors (Lipinski definition) is 0. The number of ketones is 1. The fourth-order valence-electron chi connectivity index (χ4n) is 4.73. The van der Waals surface area contributed by atoms with Crippen LogP contribution in [0.2, 0.25) is 0 Å². The average molecular weight is 472 g/mol. The lowest BCUT2D eigenvalue weighted by molar-refractivity contribution is 0.0801. The Morgan fingerprint density at radius 3 is 2.57 bits per heavy atom. The zero-order valence-corrected chi connectivity index (χ0v) is 19.2. The number of carbonyl (C=O) groups excluding carboxylic acids is 1. The van der Waals surface area contributed by atoms with E-state index in [9.17, 15) is 9.59 Å². The second-order valence-electron chi connectivity index (χ2n) is 8.92. The first kappa shape index (κ1) is 21.5. The van der Waals surface area contributed by atoms with Crippen molar-refractivity contribution in [1.29, 1.82) is 0 Å². The summed E-state index contributed by atoms with van der Waals surface area (Å²) in [6.07, 6.45) is 4.96. The third kappa shape index (κ3) is 4.19. The van der Waals surface area contributed by atoms with Gasteiger partial charge in [0.05, 0.1) is 18.6 Å². The lowest BCUT2D eigenvalue weighted by Crippen LogP contribution is -2.40. The minimum atomic E-state index is -0.216. The van der Waals surface area contributed by atoms with Gasteiger partial charge in [-0.15, -0.1) is 0 Å². The summed E-state index contributed by atoms with van der Waals surface area (Å²) in [5.74, 6) is 1.40. The van der Waals surface area contributed by atoms with E-state index in [2.05, 4.69) is 15.1 Å². The summed E-state index contributed by atoms with van der Waals surface area (Å²) in [5.41, 5.74) is 1.73. The Bertz CT molecular complexity index is 1440. The predicted molar refractivity (Wildman–Crippen MR) is 129 cm³/mol. The highest BCUT2D eigenvalue weighted by atomic mass is 16.6. The molecule has 2 aliphatic rings. The number of rotatable bonds is 5. The van der Waals surface area contributed by atoms with Gasteiger partial charge in [-0.1, -0.05) is 18.2 Å². The molecular weight excluding hydrogens is 446 g/mol.